The number of halogens is 2. The topological polar surface area (TPSA) is 78.3 Å². The molecule has 0 aromatic heterocycles. The first kappa shape index (κ1) is 12.5. The van der Waals surface area contributed by atoms with Crippen molar-refractivity contribution in [2.45, 2.75) is 6.04 Å². The minimum absolute atomic E-state index is 0.441. The lowest BCUT2D eigenvalue weighted by Gasteiger charge is -2.13. The quantitative estimate of drug-likeness (QED) is 0.638. The van der Waals surface area contributed by atoms with Crippen LogP contribution in [0, 0.1) is 0 Å². The summed E-state index contributed by atoms with van der Waals surface area (Å²) in [7, 11) is 1.28. The van der Waals surface area contributed by atoms with Crippen molar-refractivity contribution < 1.29 is 9.53 Å². The predicted molar refractivity (Wildman–Crippen MR) is 65.2 cm³/mol. The Bertz CT molecular complexity index is 396. The van der Waals surface area contributed by atoms with Gasteiger partial charge in [0.1, 0.15) is 6.04 Å². The van der Waals surface area contributed by atoms with E-state index in [-0.39, 0.29) is 0 Å². The Balaban J connectivity index is 3.19. The molecule has 0 saturated carbocycles. The minimum atomic E-state index is -0.871. The zero-order chi connectivity index (χ0) is 11.6. The van der Waals surface area contributed by atoms with Gasteiger partial charge in [0, 0.05) is 14.5 Å². The lowest BCUT2D eigenvalue weighted by Crippen LogP contribution is -2.23. The number of esters is 1. The summed E-state index contributed by atoms with van der Waals surface area (Å²) in [6, 6.07) is 2.61. The number of anilines is 1. The number of methoxy groups -OCH3 is 1. The van der Waals surface area contributed by atoms with E-state index in [0.29, 0.717) is 15.7 Å². The van der Waals surface area contributed by atoms with E-state index in [1.54, 1.807) is 12.1 Å². The average Bonchev–Trinajstić information content (AvgIpc) is 2.21. The summed E-state index contributed by atoms with van der Waals surface area (Å²) in [6.07, 6.45) is 0. The average molecular weight is 338 g/mol. The molecule has 15 heavy (non-hydrogen) atoms. The molecule has 6 heteroatoms. The molecular weight excluding hydrogens is 328 g/mol. The Labute approximate surface area is 104 Å². The monoisotopic (exact) mass is 336 g/mol. The fraction of sp³-hybridized carbons (Fsp3) is 0.222. The van der Waals surface area contributed by atoms with E-state index >= 15 is 0 Å². The number of rotatable bonds is 2. The number of nitrogens with two attached hydrogens (primary N) is 2. The van der Waals surface area contributed by atoms with E-state index in [1.165, 1.54) is 7.11 Å². The second-order valence-corrected chi connectivity index (χ2v) is 4.66. The molecule has 4 nitrogen and oxygen atoms in total. The normalized spacial score (nSPS) is 12.3. The molecule has 0 aliphatic rings. The van der Waals surface area contributed by atoms with E-state index in [2.05, 4.69) is 36.6 Å². The molecule has 0 radical (unpaired) electrons. The highest BCUT2D eigenvalue weighted by atomic mass is 79.9. The van der Waals surface area contributed by atoms with Crippen LogP contribution in [0.5, 0.6) is 0 Å². The Morgan fingerprint density at radius 2 is 2.07 bits per heavy atom. The summed E-state index contributed by atoms with van der Waals surface area (Å²) < 4.78 is 6.03. The second kappa shape index (κ2) is 4.96. The smallest absolute Gasteiger partial charge is 0.327 e. The number of nitrogen functional groups attached to an aromatic ring is 1. The van der Waals surface area contributed by atoms with Crippen molar-refractivity contribution in [1.82, 2.24) is 0 Å². The van der Waals surface area contributed by atoms with Gasteiger partial charge < -0.3 is 16.2 Å². The first-order valence-electron chi connectivity index (χ1n) is 4.05. The lowest BCUT2D eigenvalue weighted by molar-refractivity contribution is -0.142. The highest BCUT2D eigenvalue weighted by Crippen LogP contribution is 2.31. The number of benzene rings is 1. The van der Waals surface area contributed by atoms with Crippen LogP contribution in [-0.4, -0.2) is 13.1 Å². The third-order valence-electron chi connectivity index (χ3n) is 1.92. The lowest BCUT2D eigenvalue weighted by atomic mass is 10.1. The summed E-state index contributed by atoms with van der Waals surface area (Å²) in [5.41, 5.74) is 12.5. The predicted octanol–water partition coefficient (Wildman–Crippen LogP) is 1.97. The molecule has 0 fully saturated rings. The van der Waals surface area contributed by atoms with Crippen LogP contribution in [0.15, 0.2) is 21.1 Å². The number of carbonyl (C=O) groups excluding carboxylic acids is 1. The number of carbonyl (C=O) groups is 1. The highest BCUT2D eigenvalue weighted by molar-refractivity contribution is 9.11. The van der Waals surface area contributed by atoms with E-state index < -0.39 is 12.0 Å². The van der Waals surface area contributed by atoms with Crippen molar-refractivity contribution in [3.05, 3.63) is 26.6 Å². The van der Waals surface area contributed by atoms with Crippen LogP contribution in [0.1, 0.15) is 11.6 Å². The van der Waals surface area contributed by atoms with Gasteiger partial charge in [0.15, 0.2) is 0 Å². The maximum Gasteiger partial charge on any atom is 0.327 e. The molecule has 0 amide bonds. The fourth-order valence-corrected chi connectivity index (χ4v) is 2.37. The summed E-state index contributed by atoms with van der Waals surface area (Å²) >= 11 is 6.57. The molecule has 0 bridgehead atoms. The van der Waals surface area contributed by atoms with Crippen molar-refractivity contribution in [2.75, 3.05) is 12.8 Å². The summed E-state index contributed by atoms with van der Waals surface area (Å²) in [6.45, 7) is 0. The number of ether oxygens (including phenoxy) is 1. The number of hydrogen-bond donors (Lipinski definition) is 2. The third-order valence-corrected chi connectivity index (χ3v) is 3.03. The molecule has 1 rings (SSSR count). The standard InChI is InChI=1S/C9H10Br2N2O2/c1-15-9(14)8(13)5-2-4(10)3-6(11)7(5)12/h2-3,8H,12-13H2,1H3/t8-/m0/s1. The SMILES string of the molecule is COC(=O)[C@@H](N)c1cc(Br)cc(Br)c1N. The molecule has 0 heterocycles. The molecule has 1 atom stereocenters. The Kier molecular flexibility index (Phi) is 4.12. The second-order valence-electron chi connectivity index (χ2n) is 2.89. The molecule has 4 N–H and O–H groups in total. The van der Waals surface area contributed by atoms with Crippen molar-refractivity contribution in [1.29, 1.82) is 0 Å². The van der Waals surface area contributed by atoms with Crippen LogP contribution >= 0.6 is 31.9 Å². The van der Waals surface area contributed by atoms with Gasteiger partial charge in [0.25, 0.3) is 0 Å². The van der Waals surface area contributed by atoms with E-state index in [9.17, 15) is 4.79 Å². The van der Waals surface area contributed by atoms with Gasteiger partial charge in [-0.3, -0.25) is 4.79 Å². The van der Waals surface area contributed by atoms with Gasteiger partial charge >= 0.3 is 5.97 Å². The molecule has 0 aliphatic heterocycles. The van der Waals surface area contributed by atoms with Crippen LogP contribution in [0.4, 0.5) is 5.69 Å². The maximum atomic E-state index is 11.3. The first-order valence-corrected chi connectivity index (χ1v) is 5.63. The summed E-state index contributed by atoms with van der Waals surface area (Å²) in [5, 5.41) is 0. The molecule has 82 valence electrons. The Morgan fingerprint density at radius 3 is 2.60 bits per heavy atom. The summed E-state index contributed by atoms with van der Waals surface area (Å²) in [4.78, 5) is 11.3. The van der Waals surface area contributed by atoms with Crippen LogP contribution < -0.4 is 11.5 Å². The maximum absolute atomic E-state index is 11.3. The highest BCUT2D eigenvalue weighted by Gasteiger charge is 2.20. The Hall–Kier alpha value is -0.590. The molecule has 1 aromatic carbocycles. The van der Waals surface area contributed by atoms with Gasteiger partial charge in [-0.15, -0.1) is 0 Å². The fourth-order valence-electron chi connectivity index (χ4n) is 1.12. The van der Waals surface area contributed by atoms with Gasteiger partial charge in [-0.1, -0.05) is 15.9 Å². The molecule has 0 saturated heterocycles. The molecule has 0 unspecified atom stereocenters. The zero-order valence-corrected chi connectivity index (χ0v) is 11.1. The van der Waals surface area contributed by atoms with Crippen molar-refractivity contribution in [3.63, 3.8) is 0 Å². The van der Waals surface area contributed by atoms with E-state index in [4.69, 9.17) is 11.5 Å². The molecular formula is C9H10Br2N2O2. The van der Waals surface area contributed by atoms with E-state index in [0.717, 1.165) is 4.47 Å². The van der Waals surface area contributed by atoms with Gasteiger partial charge in [-0.2, -0.15) is 0 Å². The van der Waals surface area contributed by atoms with Gasteiger partial charge in [-0.25, -0.2) is 0 Å². The van der Waals surface area contributed by atoms with Crippen LogP contribution in [0.3, 0.4) is 0 Å². The zero-order valence-electron chi connectivity index (χ0n) is 7.96. The number of hydrogen-bond acceptors (Lipinski definition) is 4. The first-order chi connectivity index (χ1) is 6.97. The van der Waals surface area contributed by atoms with E-state index in [1.807, 2.05) is 0 Å². The Morgan fingerprint density at radius 1 is 1.47 bits per heavy atom. The third kappa shape index (κ3) is 2.70. The largest absolute Gasteiger partial charge is 0.468 e. The van der Waals surface area contributed by atoms with Gasteiger partial charge in [0.05, 0.1) is 12.8 Å². The molecule has 0 spiro atoms. The van der Waals surface area contributed by atoms with Crippen molar-refractivity contribution >= 4 is 43.5 Å². The van der Waals surface area contributed by atoms with Gasteiger partial charge in [-0.05, 0) is 28.1 Å². The minimum Gasteiger partial charge on any atom is -0.468 e. The molecule has 0 aliphatic carbocycles. The van der Waals surface area contributed by atoms with Crippen LogP contribution in [-0.2, 0) is 9.53 Å². The van der Waals surface area contributed by atoms with Crippen LogP contribution in [0.2, 0.25) is 0 Å². The summed E-state index contributed by atoms with van der Waals surface area (Å²) in [5.74, 6) is -0.522. The van der Waals surface area contributed by atoms with Gasteiger partial charge in [0.2, 0.25) is 0 Å². The molecule has 1 aromatic rings. The van der Waals surface area contributed by atoms with Crippen molar-refractivity contribution in [3.8, 4) is 0 Å². The van der Waals surface area contributed by atoms with Crippen molar-refractivity contribution in [2.24, 2.45) is 5.73 Å². The van der Waals surface area contributed by atoms with Crippen LogP contribution in [0.25, 0.3) is 0 Å².